The predicted molar refractivity (Wildman–Crippen MR) is 31.4 cm³/mol. The standard InChI is InChI=1S/2Ba.H4O7P2.H2O/c;;1-8(2,3)7-9(4,5)6;/h;;(H2,1,2,3)(H2,4,5,6);1H2/q2*+2;;/p-4. The van der Waals surface area contributed by atoms with Gasteiger partial charge in [-0.2, -0.15) is 0 Å². The van der Waals surface area contributed by atoms with Crippen LogP contribution in [0, 0.1) is 0 Å². The second-order valence-electron chi connectivity index (χ2n) is 0.976. The van der Waals surface area contributed by atoms with Crippen molar-refractivity contribution in [2.24, 2.45) is 0 Å². The molecule has 2 N–H and O–H groups in total. The molecule has 0 aromatic carbocycles. The number of phosphoric acid groups is 2. The van der Waals surface area contributed by atoms with Crippen LogP contribution >= 0.6 is 15.6 Å². The van der Waals surface area contributed by atoms with E-state index in [1.807, 2.05) is 0 Å². The van der Waals surface area contributed by atoms with Gasteiger partial charge in [0.1, 0.15) is 0 Å². The molecule has 0 spiro atoms. The van der Waals surface area contributed by atoms with Crippen LogP contribution in [-0.2, 0) is 13.4 Å². The predicted octanol–water partition coefficient (Wildman–Crippen LogP) is -4.93. The van der Waals surface area contributed by atoms with Gasteiger partial charge in [-0.05, 0) is 0 Å². The minimum atomic E-state index is -5.68. The van der Waals surface area contributed by atoms with Crippen LogP contribution in [0.5, 0.6) is 0 Å². The summed E-state index contributed by atoms with van der Waals surface area (Å²) < 4.78 is 21.2. The van der Waals surface area contributed by atoms with Crippen LogP contribution in [-0.4, -0.2) is 103 Å². The van der Waals surface area contributed by atoms with Crippen LogP contribution < -0.4 is 19.6 Å². The van der Waals surface area contributed by atoms with Crippen LogP contribution in [0.25, 0.3) is 0 Å². The van der Waals surface area contributed by atoms with E-state index >= 15 is 0 Å². The summed E-state index contributed by atoms with van der Waals surface area (Å²) in [7, 11) is -11.4. The molecule has 0 saturated carbocycles. The first-order valence-electron chi connectivity index (χ1n) is 1.46. The largest absolute Gasteiger partial charge is 2.00 e. The zero-order valence-electron chi connectivity index (χ0n) is 5.67. The molecule has 0 radical (unpaired) electrons. The quantitative estimate of drug-likeness (QED) is 0.290. The Balaban J connectivity index is -0.000000107. The Bertz CT molecular complexity index is 155. The Morgan fingerprint density at radius 3 is 1.00 bits per heavy atom. The van der Waals surface area contributed by atoms with E-state index in [1.165, 1.54) is 0 Å². The molecule has 0 aromatic rings. The van der Waals surface area contributed by atoms with E-state index in [1.54, 1.807) is 0 Å². The minimum Gasteiger partial charge on any atom is -0.790 e. The summed E-state index contributed by atoms with van der Waals surface area (Å²) in [5.74, 6) is 0. The number of rotatable bonds is 2. The van der Waals surface area contributed by atoms with Crippen LogP contribution in [0.4, 0.5) is 0 Å². The summed E-state index contributed by atoms with van der Waals surface area (Å²) in [6, 6.07) is 0. The molecule has 0 aliphatic rings. The van der Waals surface area contributed by atoms with Gasteiger partial charge in [-0.3, -0.25) is 0 Å². The van der Waals surface area contributed by atoms with E-state index in [2.05, 4.69) is 4.31 Å². The Morgan fingerprint density at radius 1 is 0.833 bits per heavy atom. The van der Waals surface area contributed by atoms with E-state index in [4.69, 9.17) is 0 Å². The third-order valence-electron chi connectivity index (χ3n) is 0.200. The SMILES string of the molecule is O.O=P([O-])([O-])OP(=O)([O-])[O-].[Ba+2].[Ba+2]. The molecule has 0 unspecified atom stereocenters. The fourth-order valence-electron chi connectivity index (χ4n) is 0.122. The van der Waals surface area contributed by atoms with Gasteiger partial charge in [0.2, 0.25) is 0 Å². The average Bonchev–Trinajstić information content (AvgIpc) is 1.14. The van der Waals surface area contributed by atoms with Crippen molar-refractivity contribution in [3.8, 4) is 0 Å². The molecular weight excluding hydrogens is 465 g/mol. The normalized spacial score (nSPS) is 10.3. The van der Waals surface area contributed by atoms with E-state index in [0.717, 1.165) is 0 Å². The molecule has 0 bridgehead atoms. The van der Waals surface area contributed by atoms with Crippen LogP contribution in [0.15, 0.2) is 0 Å². The minimum absolute atomic E-state index is 0. The first-order valence-corrected chi connectivity index (χ1v) is 4.38. The molecule has 0 aliphatic heterocycles. The van der Waals surface area contributed by atoms with Crippen LogP contribution in [0.2, 0.25) is 0 Å². The molecule has 0 aromatic heterocycles. The third kappa shape index (κ3) is 23.3. The first-order chi connectivity index (χ1) is 3.71. The third-order valence-corrected chi connectivity index (χ3v) is 1.80. The van der Waals surface area contributed by atoms with Gasteiger partial charge < -0.3 is 38.5 Å². The van der Waals surface area contributed by atoms with Gasteiger partial charge in [-0.25, -0.2) is 0 Å². The molecule has 12 heteroatoms. The van der Waals surface area contributed by atoms with Gasteiger partial charge in [0, 0.05) is 0 Å². The molecule has 0 atom stereocenters. The van der Waals surface area contributed by atoms with E-state index in [0.29, 0.717) is 0 Å². The molecule has 0 amide bonds. The first kappa shape index (κ1) is 24.5. The Hall–Kier alpha value is 3.36. The zero-order valence-corrected chi connectivity index (χ0v) is 16.3. The molecule has 0 aliphatic carbocycles. The average molecular weight is 467 g/mol. The monoisotopic (exact) mass is 468 g/mol. The Kier molecular flexibility index (Phi) is 19.6. The Morgan fingerprint density at radius 2 is 1.00 bits per heavy atom. The molecule has 8 nitrogen and oxygen atoms in total. The summed E-state index contributed by atoms with van der Waals surface area (Å²) in [5, 5.41) is 0. The summed E-state index contributed by atoms with van der Waals surface area (Å²) in [5.41, 5.74) is 0. The van der Waals surface area contributed by atoms with E-state index in [9.17, 15) is 28.7 Å². The van der Waals surface area contributed by atoms with Crippen molar-refractivity contribution >= 4 is 113 Å². The molecular formula is H2Ba2O8P2. The van der Waals surface area contributed by atoms with Gasteiger partial charge in [0.25, 0.3) is 0 Å². The Labute approximate surface area is 148 Å². The van der Waals surface area contributed by atoms with Gasteiger partial charge in [0.05, 0.1) is 15.6 Å². The number of hydrogen-bond acceptors (Lipinski definition) is 7. The second kappa shape index (κ2) is 9.58. The maximum absolute atomic E-state index is 9.32. The van der Waals surface area contributed by atoms with Crippen LogP contribution in [0.3, 0.4) is 0 Å². The van der Waals surface area contributed by atoms with E-state index in [-0.39, 0.29) is 103 Å². The summed E-state index contributed by atoms with van der Waals surface area (Å²) in [6.07, 6.45) is 0. The molecule has 64 valence electrons. The summed E-state index contributed by atoms with van der Waals surface area (Å²) >= 11 is 0. The van der Waals surface area contributed by atoms with Gasteiger partial charge in [0.15, 0.2) is 0 Å². The van der Waals surface area contributed by atoms with Gasteiger partial charge in [-0.15, -0.1) is 0 Å². The van der Waals surface area contributed by atoms with Crippen molar-refractivity contribution in [2.75, 3.05) is 0 Å². The van der Waals surface area contributed by atoms with Gasteiger partial charge >= 0.3 is 97.8 Å². The molecule has 0 fully saturated rings. The van der Waals surface area contributed by atoms with Crippen molar-refractivity contribution in [1.82, 2.24) is 0 Å². The summed E-state index contributed by atoms with van der Waals surface area (Å²) in [6.45, 7) is 0. The molecule has 12 heavy (non-hydrogen) atoms. The van der Waals surface area contributed by atoms with Crippen molar-refractivity contribution in [1.29, 1.82) is 0 Å². The van der Waals surface area contributed by atoms with Crippen molar-refractivity contribution in [3.05, 3.63) is 0 Å². The molecule has 0 rings (SSSR count). The topological polar surface area (TPSA) is 167 Å². The van der Waals surface area contributed by atoms with Crippen LogP contribution in [0.1, 0.15) is 0 Å². The zero-order chi connectivity index (χ0) is 7.71. The smallest absolute Gasteiger partial charge is 0.790 e. The van der Waals surface area contributed by atoms with E-state index < -0.39 is 15.6 Å². The molecule has 0 saturated heterocycles. The van der Waals surface area contributed by atoms with Crippen molar-refractivity contribution < 1.29 is 38.5 Å². The molecule has 0 heterocycles. The van der Waals surface area contributed by atoms with Crippen molar-refractivity contribution in [2.45, 2.75) is 0 Å². The maximum atomic E-state index is 9.32. The fourth-order valence-corrected chi connectivity index (χ4v) is 1.10. The summed E-state index contributed by atoms with van der Waals surface area (Å²) in [4.78, 5) is 37.3. The van der Waals surface area contributed by atoms with Crippen molar-refractivity contribution in [3.63, 3.8) is 0 Å². The second-order valence-corrected chi connectivity index (χ2v) is 3.42. The maximum Gasteiger partial charge on any atom is 2.00 e. The number of hydrogen-bond donors (Lipinski definition) is 0. The van der Waals surface area contributed by atoms with Gasteiger partial charge in [-0.1, -0.05) is 0 Å². The fraction of sp³-hybridized carbons (Fsp3) is 0.